The third kappa shape index (κ3) is 3.84. The molecule has 3 heterocycles. The Morgan fingerprint density at radius 2 is 2.00 bits per heavy atom. The van der Waals surface area contributed by atoms with E-state index in [4.69, 9.17) is 0 Å². The molecule has 3 amide bonds. The van der Waals surface area contributed by atoms with Gasteiger partial charge in [-0.1, -0.05) is 18.9 Å². The van der Waals surface area contributed by atoms with Crippen molar-refractivity contribution in [2.45, 2.75) is 44.2 Å². The summed E-state index contributed by atoms with van der Waals surface area (Å²) in [4.78, 5) is 29.3. The fourth-order valence-corrected chi connectivity index (χ4v) is 5.74. The van der Waals surface area contributed by atoms with E-state index in [-0.39, 0.29) is 30.6 Å². The lowest BCUT2D eigenvalue weighted by Crippen LogP contribution is -2.48. The molecule has 4 rings (SSSR count). The van der Waals surface area contributed by atoms with Gasteiger partial charge in [-0.2, -0.15) is 0 Å². The number of fused-ring (bicyclic) bond motifs is 1. The van der Waals surface area contributed by atoms with Gasteiger partial charge in [-0.15, -0.1) is 22.7 Å². The highest BCUT2D eigenvalue weighted by atomic mass is 32.1. The van der Waals surface area contributed by atoms with Crippen molar-refractivity contribution in [1.82, 2.24) is 15.5 Å². The van der Waals surface area contributed by atoms with Gasteiger partial charge in [0, 0.05) is 22.3 Å². The zero-order valence-electron chi connectivity index (χ0n) is 14.6. The lowest BCUT2D eigenvalue weighted by molar-refractivity contribution is -0.121. The first-order valence-electron chi connectivity index (χ1n) is 9.15. The minimum atomic E-state index is -0.359. The number of hydrogen-bond donors (Lipinski definition) is 2. The van der Waals surface area contributed by atoms with Gasteiger partial charge < -0.3 is 5.32 Å². The Labute approximate surface area is 161 Å². The van der Waals surface area contributed by atoms with Crippen molar-refractivity contribution in [2.75, 3.05) is 13.1 Å². The Bertz CT molecular complexity index is 766. The summed E-state index contributed by atoms with van der Waals surface area (Å²) in [6, 6.07) is 6.30. The number of carbonyl (C=O) groups excluding carboxylic acids is 2. The average molecular weight is 390 g/mol. The molecule has 0 spiro atoms. The molecule has 138 valence electrons. The Balaban J connectivity index is 1.41. The van der Waals surface area contributed by atoms with Crippen LogP contribution in [0.25, 0.3) is 0 Å². The Kier molecular flexibility index (Phi) is 5.38. The number of urea groups is 1. The maximum absolute atomic E-state index is 12.5. The van der Waals surface area contributed by atoms with E-state index in [1.807, 2.05) is 6.07 Å². The average Bonchev–Trinajstić information content (AvgIpc) is 3.36. The number of hydrogen-bond acceptors (Lipinski definition) is 5. The van der Waals surface area contributed by atoms with Gasteiger partial charge in [0.1, 0.15) is 0 Å². The quantitative estimate of drug-likeness (QED) is 0.841. The molecule has 0 unspecified atom stereocenters. The van der Waals surface area contributed by atoms with Crippen LogP contribution >= 0.6 is 22.7 Å². The molecule has 5 nitrogen and oxygen atoms in total. The number of carbonyl (C=O) groups is 2. The van der Waals surface area contributed by atoms with Crippen LogP contribution in [0.4, 0.5) is 4.79 Å². The molecule has 2 N–H and O–H groups in total. The van der Waals surface area contributed by atoms with E-state index >= 15 is 0 Å². The largest absolute Gasteiger partial charge is 0.335 e. The number of nitrogens with one attached hydrogen (secondary N) is 2. The van der Waals surface area contributed by atoms with Gasteiger partial charge in [-0.3, -0.25) is 15.0 Å². The number of nitrogens with zero attached hydrogens (tertiary/aromatic N) is 1. The van der Waals surface area contributed by atoms with Crippen molar-refractivity contribution in [3.63, 3.8) is 0 Å². The first kappa shape index (κ1) is 17.7. The number of imide groups is 1. The number of thiophene rings is 2. The maximum Gasteiger partial charge on any atom is 0.321 e. The van der Waals surface area contributed by atoms with Crippen LogP contribution in [0.15, 0.2) is 29.0 Å². The monoisotopic (exact) mass is 389 g/mol. The minimum absolute atomic E-state index is 0.105. The molecule has 2 aliphatic rings. The van der Waals surface area contributed by atoms with Crippen molar-refractivity contribution >= 4 is 34.6 Å². The summed E-state index contributed by atoms with van der Waals surface area (Å²) < 4.78 is 0. The van der Waals surface area contributed by atoms with Crippen molar-refractivity contribution in [1.29, 1.82) is 0 Å². The summed E-state index contributed by atoms with van der Waals surface area (Å²) in [5, 5.41) is 9.63. The van der Waals surface area contributed by atoms with Gasteiger partial charge in [-0.25, -0.2) is 4.79 Å². The highest BCUT2D eigenvalue weighted by Gasteiger charge is 2.31. The second-order valence-electron chi connectivity index (χ2n) is 6.94. The van der Waals surface area contributed by atoms with Crippen molar-refractivity contribution in [3.8, 4) is 0 Å². The molecule has 1 fully saturated rings. The summed E-state index contributed by atoms with van der Waals surface area (Å²) in [5.41, 5.74) is 1.30. The highest BCUT2D eigenvalue weighted by molar-refractivity contribution is 7.10. The Morgan fingerprint density at radius 3 is 2.77 bits per heavy atom. The first-order chi connectivity index (χ1) is 12.7. The van der Waals surface area contributed by atoms with Crippen LogP contribution < -0.4 is 10.6 Å². The Hall–Kier alpha value is -1.70. The van der Waals surface area contributed by atoms with Crippen LogP contribution in [0.5, 0.6) is 0 Å². The molecular weight excluding hydrogens is 366 g/mol. The minimum Gasteiger partial charge on any atom is -0.335 e. The molecule has 2 aromatic heterocycles. The van der Waals surface area contributed by atoms with Gasteiger partial charge in [0.15, 0.2) is 0 Å². The topological polar surface area (TPSA) is 61.4 Å². The van der Waals surface area contributed by atoms with Crippen LogP contribution in [0.1, 0.15) is 47.0 Å². The summed E-state index contributed by atoms with van der Waals surface area (Å²) in [7, 11) is 0. The number of rotatable bonds is 4. The molecule has 2 aromatic rings. The zero-order valence-corrected chi connectivity index (χ0v) is 16.2. The van der Waals surface area contributed by atoms with Crippen LogP contribution in [-0.4, -0.2) is 36.0 Å². The molecule has 7 heteroatoms. The van der Waals surface area contributed by atoms with Gasteiger partial charge in [0.25, 0.3) is 0 Å². The third-order valence-corrected chi connectivity index (χ3v) is 7.09. The summed E-state index contributed by atoms with van der Waals surface area (Å²) in [6.07, 6.45) is 5.27. The molecular formula is C19H23N3O2S2. The molecule has 0 saturated heterocycles. The van der Waals surface area contributed by atoms with E-state index in [9.17, 15) is 9.59 Å². The summed E-state index contributed by atoms with van der Waals surface area (Å²) in [6.45, 7) is 1.06. The Morgan fingerprint density at radius 1 is 1.15 bits per heavy atom. The lowest BCUT2D eigenvalue weighted by Gasteiger charge is -2.34. The van der Waals surface area contributed by atoms with Crippen molar-refractivity contribution in [3.05, 3.63) is 44.3 Å². The van der Waals surface area contributed by atoms with Crippen LogP contribution in [0, 0.1) is 0 Å². The van der Waals surface area contributed by atoms with E-state index in [0.717, 1.165) is 38.6 Å². The van der Waals surface area contributed by atoms with Crippen LogP contribution in [0.2, 0.25) is 0 Å². The van der Waals surface area contributed by atoms with Crippen LogP contribution in [-0.2, 0) is 11.2 Å². The fraction of sp³-hybridized carbons (Fsp3) is 0.474. The van der Waals surface area contributed by atoms with E-state index in [0.29, 0.717) is 0 Å². The van der Waals surface area contributed by atoms with Gasteiger partial charge in [-0.05, 0) is 47.7 Å². The molecule has 1 atom stereocenters. The van der Waals surface area contributed by atoms with Crippen molar-refractivity contribution in [2.24, 2.45) is 0 Å². The van der Waals surface area contributed by atoms with E-state index in [1.54, 1.807) is 22.7 Å². The molecule has 0 aromatic carbocycles. The lowest BCUT2D eigenvalue weighted by atomic mass is 9.98. The normalized spacial score (nSPS) is 20.7. The van der Waals surface area contributed by atoms with Crippen molar-refractivity contribution < 1.29 is 9.59 Å². The van der Waals surface area contributed by atoms with Gasteiger partial charge in [0.05, 0.1) is 12.6 Å². The predicted octanol–water partition coefficient (Wildman–Crippen LogP) is 3.53. The summed E-state index contributed by atoms with van der Waals surface area (Å²) >= 11 is 3.50. The molecule has 1 aliphatic carbocycles. The third-order valence-electron chi connectivity index (χ3n) is 5.17. The SMILES string of the molecule is O=C(CN1CCc2sccc2[C@@H]1c1cccs1)NC(=O)NC1CCCC1. The predicted molar refractivity (Wildman–Crippen MR) is 105 cm³/mol. The van der Waals surface area contributed by atoms with E-state index < -0.39 is 0 Å². The number of amides is 3. The molecule has 0 radical (unpaired) electrons. The molecule has 1 saturated carbocycles. The standard InChI is InChI=1S/C19H23N3O2S2/c23-17(21-19(24)20-13-4-1-2-5-13)12-22-9-7-15-14(8-11-26-15)18(22)16-6-3-10-25-16/h3,6,8,10-11,13,18H,1-2,4-5,7,9,12H2,(H2,20,21,23,24)/t18-/m1/s1. The molecule has 0 bridgehead atoms. The van der Waals surface area contributed by atoms with Crippen LogP contribution in [0.3, 0.4) is 0 Å². The molecule has 26 heavy (non-hydrogen) atoms. The van der Waals surface area contributed by atoms with E-state index in [2.05, 4.69) is 38.4 Å². The first-order valence-corrected chi connectivity index (χ1v) is 10.9. The molecule has 1 aliphatic heterocycles. The highest BCUT2D eigenvalue weighted by Crippen LogP contribution is 2.39. The van der Waals surface area contributed by atoms with Gasteiger partial charge >= 0.3 is 6.03 Å². The maximum atomic E-state index is 12.5. The van der Waals surface area contributed by atoms with E-state index in [1.165, 1.54) is 15.3 Å². The smallest absolute Gasteiger partial charge is 0.321 e. The second-order valence-corrected chi connectivity index (χ2v) is 8.92. The van der Waals surface area contributed by atoms with Gasteiger partial charge in [0.2, 0.25) is 5.91 Å². The summed E-state index contributed by atoms with van der Waals surface area (Å²) in [5.74, 6) is -0.235. The fourth-order valence-electron chi connectivity index (χ4n) is 3.96. The zero-order chi connectivity index (χ0) is 17.9. The second kappa shape index (κ2) is 7.90.